The van der Waals surface area contributed by atoms with Gasteiger partial charge in [-0.1, -0.05) is 29.5 Å². The van der Waals surface area contributed by atoms with Crippen molar-refractivity contribution >= 4 is 44.1 Å². The first-order chi connectivity index (χ1) is 16.4. The van der Waals surface area contributed by atoms with Gasteiger partial charge in [0.05, 0.1) is 22.9 Å². The van der Waals surface area contributed by atoms with Gasteiger partial charge in [0.2, 0.25) is 0 Å². The average molecular weight is 478 g/mol. The number of thiazole rings is 1. The maximum absolute atomic E-state index is 13.7. The molecule has 4 aromatic rings. The number of amides is 1. The molecule has 2 heterocycles. The van der Waals surface area contributed by atoms with Crippen LogP contribution in [0.5, 0.6) is 5.75 Å². The summed E-state index contributed by atoms with van der Waals surface area (Å²) in [6.07, 6.45) is 0. The highest BCUT2D eigenvalue weighted by Gasteiger charge is 2.49. The second kappa shape index (κ2) is 8.35. The van der Waals surface area contributed by atoms with E-state index in [2.05, 4.69) is 4.98 Å². The second-order valence-corrected chi connectivity index (χ2v) is 8.54. The van der Waals surface area contributed by atoms with Gasteiger partial charge in [0.25, 0.3) is 5.78 Å². The van der Waals surface area contributed by atoms with Crippen LogP contribution in [0, 0.1) is 11.6 Å². The second-order valence-electron chi connectivity index (χ2n) is 7.53. The Kier molecular flexibility index (Phi) is 5.33. The summed E-state index contributed by atoms with van der Waals surface area (Å²) < 4.78 is 33.2. The van der Waals surface area contributed by atoms with Crippen LogP contribution in [0.4, 0.5) is 13.9 Å². The molecule has 170 valence electrons. The minimum absolute atomic E-state index is 0.164. The highest BCUT2D eigenvalue weighted by molar-refractivity contribution is 7.22. The van der Waals surface area contributed by atoms with E-state index in [0.29, 0.717) is 21.5 Å². The maximum atomic E-state index is 13.7. The Morgan fingerprint density at radius 1 is 1.03 bits per heavy atom. The molecule has 3 aromatic carbocycles. The number of Topliss-reactive ketones (excluding diaryl/α,β-unsaturated/α-hetero) is 1. The molecule has 9 heteroatoms. The van der Waals surface area contributed by atoms with E-state index in [-0.39, 0.29) is 16.3 Å². The van der Waals surface area contributed by atoms with E-state index in [1.165, 1.54) is 42.3 Å². The number of methoxy groups -OCH3 is 1. The summed E-state index contributed by atoms with van der Waals surface area (Å²) >= 11 is 1.05. The van der Waals surface area contributed by atoms with Crippen molar-refractivity contribution in [1.29, 1.82) is 0 Å². The molecule has 1 atom stereocenters. The summed E-state index contributed by atoms with van der Waals surface area (Å²) in [7, 11) is 1.45. The number of rotatable bonds is 4. The van der Waals surface area contributed by atoms with Gasteiger partial charge in [-0.25, -0.2) is 13.8 Å². The van der Waals surface area contributed by atoms with Crippen LogP contribution in [0.15, 0.2) is 72.3 Å². The Bertz CT molecular complexity index is 1480. The zero-order chi connectivity index (χ0) is 24.0. The van der Waals surface area contributed by atoms with Crippen LogP contribution < -0.4 is 9.64 Å². The van der Waals surface area contributed by atoms with Gasteiger partial charge in [0, 0.05) is 11.1 Å². The smallest absolute Gasteiger partial charge is 0.301 e. The molecule has 1 aliphatic rings. The number of fused-ring (bicyclic) bond motifs is 1. The van der Waals surface area contributed by atoms with Crippen molar-refractivity contribution in [1.82, 2.24) is 4.98 Å². The number of aliphatic hydroxyl groups is 1. The summed E-state index contributed by atoms with van der Waals surface area (Å²) in [6.45, 7) is 0. The number of ether oxygens (including phenoxy) is 1. The Hall–Kier alpha value is -4.11. The molecule has 0 radical (unpaired) electrons. The molecule has 0 unspecified atom stereocenters. The third-order valence-electron chi connectivity index (χ3n) is 5.54. The molecule has 1 aromatic heterocycles. The Balaban J connectivity index is 1.76. The molecule has 6 nitrogen and oxygen atoms in total. The number of benzene rings is 3. The van der Waals surface area contributed by atoms with Crippen LogP contribution in [0.2, 0.25) is 0 Å². The lowest BCUT2D eigenvalue weighted by Gasteiger charge is -2.24. The number of nitrogens with zero attached hydrogens (tertiary/aromatic N) is 2. The summed E-state index contributed by atoms with van der Waals surface area (Å²) in [5, 5.41) is 11.2. The monoisotopic (exact) mass is 478 g/mol. The molecule has 1 fully saturated rings. The fourth-order valence-corrected chi connectivity index (χ4v) is 4.99. The summed E-state index contributed by atoms with van der Waals surface area (Å²) in [5.41, 5.74) is 0.885. The number of anilines is 1. The van der Waals surface area contributed by atoms with Crippen molar-refractivity contribution in [2.24, 2.45) is 0 Å². The highest BCUT2D eigenvalue weighted by Crippen LogP contribution is 2.46. The van der Waals surface area contributed by atoms with E-state index in [4.69, 9.17) is 4.74 Å². The highest BCUT2D eigenvalue weighted by atomic mass is 32.1. The van der Waals surface area contributed by atoms with E-state index < -0.39 is 35.1 Å². The number of carbonyl (C=O) groups excluding carboxylic acids is 2. The van der Waals surface area contributed by atoms with Crippen molar-refractivity contribution < 1.29 is 28.2 Å². The number of hydrogen-bond acceptors (Lipinski definition) is 6. The van der Waals surface area contributed by atoms with E-state index in [9.17, 15) is 23.5 Å². The molecule has 1 amide bonds. The van der Waals surface area contributed by atoms with Crippen molar-refractivity contribution in [2.75, 3.05) is 12.0 Å². The maximum Gasteiger partial charge on any atom is 0.301 e. The third kappa shape index (κ3) is 3.50. The zero-order valence-corrected chi connectivity index (χ0v) is 18.5. The topological polar surface area (TPSA) is 79.7 Å². The number of halogens is 2. The van der Waals surface area contributed by atoms with Crippen LogP contribution in [0.1, 0.15) is 17.2 Å². The van der Waals surface area contributed by atoms with Gasteiger partial charge < -0.3 is 9.84 Å². The predicted molar refractivity (Wildman–Crippen MR) is 124 cm³/mol. The first kappa shape index (κ1) is 21.7. The summed E-state index contributed by atoms with van der Waals surface area (Å²) in [6, 6.07) is 14.7. The molecular weight excluding hydrogens is 462 g/mol. The van der Waals surface area contributed by atoms with Crippen molar-refractivity contribution in [3.8, 4) is 5.75 Å². The summed E-state index contributed by atoms with van der Waals surface area (Å²) in [5.74, 6) is -2.87. The molecular formula is C25H16F2N2O4S. The normalized spacial score (nSPS) is 17.5. The van der Waals surface area contributed by atoms with Crippen LogP contribution in [0.25, 0.3) is 16.0 Å². The molecule has 5 rings (SSSR count). The van der Waals surface area contributed by atoms with Gasteiger partial charge in [-0.05, 0) is 48.5 Å². The van der Waals surface area contributed by atoms with E-state index in [1.54, 1.807) is 24.3 Å². The lowest BCUT2D eigenvalue weighted by molar-refractivity contribution is -0.132. The number of ketones is 1. The Morgan fingerprint density at radius 2 is 1.74 bits per heavy atom. The van der Waals surface area contributed by atoms with Gasteiger partial charge in [0.1, 0.15) is 29.2 Å². The number of aliphatic hydroxyl groups excluding tert-OH is 1. The first-order valence-corrected chi connectivity index (χ1v) is 11.0. The molecule has 1 aliphatic heterocycles. The Morgan fingerprint density at radius 3 is 2.47 bits per heavy atom. The van der Waals surface area contributed by atoms with Crippen molar-refractivity contribution in [3.05, 3.63) is 95.1 Å². The third-order valence-corrected chi connectivity index (χ3v) is 6.56. The predicted octanol–water partition coefficient (Wildman–Crippen LogP) is 5.21. The lowest BCUT2D eigenvalue weighted by Crippen LogP contribution is -2.29. The number of carbonyl (C=O) groups is 2. The minimum Gasteiger partial charge on any atom is -0.507 e. The SMILES string of the molecule is COc1ccccc1[C@@H]1/C(=C(\O)c2ccc(F)cc2)C(=O)C(=O)N1c1nc2ccc(F)cc2s1. The van der Waals surface area contributed by atoms with Crippen molar-refractivity contribution in [3.63, 3.8) is 0 Å². The van der Waals surface area contributed by atoms with E-state index in [1.807, 2.05) is 0 Å². The quantitative estimate of drug-likeness (QED) is 0.248. The molecule has 0 spiro atoms. The zero-order valence-electron chi connectivity index (χ0n) is 17.7. The molecule has 0 aliphatic carbocycles. The fourth-order valence-electron chi connectivity index (χ4n) is 3.97. The van der Waals surface area contributed by atoms with Gasteiger partial charge in [-0.2, -0.15) is 0 Å². The van der Waals surface area contributed by atoms with Crippen LogP contribution in [0.3, 0.4) is 0 Å². The standard InChI is InChI=1S/C25H16F2N2O4S/c1-33-18-5-3-2-4-16(18)21-20(22(30)13-6-8-14(26)9-7-13)23(31)24(32)29(21)25-28-17-11-10-15(27)12-19(17)34-25/h2-12,21,30H,1H3/b22-20+/t21-/m1/s1. The minimum atomic E-state index is -1.08. The van der Waals surface area contributed by atoms with Gasteiger partial charge in [-0.15, -0.1) is 0 Å². The van der Waals surface area contributed by atoms with E-state index in [0.717, 1.165) is 23.5 Å². The molecule has 0 saturated carbocycles. The average Bonchev–Trinajstić information content (AvgIpc) is 3.36. The largest absolute Gasteiger partial charge is 0.507 e. The van der Waals surface area contributed by atoms with Gasteiger partial charge in [0.15, 0.2) is 5.13 Å². The molecule has 34 heavy (non-hydrogen) atoms. The van der Waals surface area contributed by atoms with E-state index >= 15 is 0 Å². The molecule has 1 saturated heterocycles. The fraction of sp³-hybridized carbons (Fsp3) is 0.0800. The molecule has 0 bridgehead atoms. The lowest BCUT2D eigenvalue weighted by atomic mass is 9.94. The number of hydrogen-bond donors (Lipinski definition) is 1. The van der Waals surface area contributed by atoms with Crippen LogP contribution >= 0.6 is 11.3 Å². The Labute approximate surface area is 196 Å². The first-order valence-electron chi connectivity index (χ1n) is 10.1. The van der Waals surface area contributed by atoms with Crippen molar-refractivity contribution in [2.45, 2.75) is 6.04 Å². The summed E-state index contributed by atoms with van der Waals surface area (Å²) in [4.78, 5) is 32.1. The van der Waals surface area contributed by atoms with Crippen LogP contribution in [-0.2, 0) is 9.59 Å². The number of para-hydroxylation sites is 1. The van der Waals surface area contributed by atoms with Gasteiger partial charge in [-0.3, -0.25) is 14.5 Å². The molecule has 1 N–H and O–H groups in total. The van der Waals surface area contributed by atoms with Crippen LogP contribution in [-0.4, -0.2) is 28.9 Å². The number of aromatic nitrogens is 1. The van der Waals surface area contributed by atoms with Gasteiger partial charge >= 0.3 is 5.91 Å².